The normalized spacial score (nSPS) is 20.9. The fourth-order valence-electron chi connectivity index (χ4n) is 2.60. The van der Waals surface area contributed by atoms with Crippen LogP contribution < -0.4 is 5.56 Å². The number of nitrogens with zero attached hydrogens (tertiary/aromatic N) is 2. The van der Waals surface area contributed by atoms with Crippen molar-refractivity contribution in [2.75, 3.05) is 13.1 Å². The minimum absolute atomic E-state index is 0.0378. The van der Waals surface area contributed by atoms with Crippen molar-refractivity contribution in [3.05, 3.63) is 34.7 Å². The standard InChI is InChI=1S/C14H20N2O3/c17-13-7-3-5-9-16(13)11-10-15-8-4-1-2-6-12(15)14(18)19/h3,5,7,9,12H,1-2,4,6,8,10-11H2,(H,18,19). The maximum Gasteiger partial charge on any atom is 0.320 e. The molecular weight excluding hydrogens is 244 g/mol. The molecule has 0 aromatic carbocycles. The fraction of sp³-hybridized carbons (Fsp3) is 0.571. The molecule has 0 radical (unpaired) electrons. The first kappa shape index (κ1) is 13.8. The molecule has 5 nitrogen and oxygen atoms in total. The van der Waals surface area contributed by atoms with Crippen molar-refractivity contribution in [1.82, 2.24) is 9.47 Å². The highest BCUT2D eigenvalue weighted by Gasteiger charge is 2.26. The fourth-order valence-corrected chi connectivity index (χ4v) is 2.60. The first-order chi connectivity index (χ1) is 9.18. The minimum atomic E-state index is -0.748. The second-order valence-electron chi connectivity index (χ2n) is 4.97. The van der Waals surface area contributed by atoms with E-state index < -0.39 is 12.0 Å². The van der Waals surface area contributed by atoms with E-state index in [0.29, 0.717) is 19.5 Å². The third-order valence-electron chi connectivity index (χ3n) is 3.68. The Bertz CT molecular complexity index is 484. The molecule has 19 heavy (non-hydrogen) atoms. The van der Waals surface area contributed by atoms with Crippen LogP contribution in [0.2, 0.25) is 0 Å². The van der Waals surface area contributed by atoms with Crippen LogP contribution in [0, 0.1) is 0 Å². The summed E-state index contributed by atoms with van der Waals surface area (Å²) in [6.07, 6.45) is 5.55. The molecule has 1 aromatic rings. The largest absolute Gasteiger partial charge is 0.480 e. The molecule has 0 amide bonds. The van der Waals surface area contributed by atoms with Crippen molar-refractivity contribution < 1.29 is 9.90 Å². The maximum atomic E-state index is 11.6. The van der Waals surface area contributed by atoms with E-state index in [1.165, 1.54) is 6.07 Å². The Labute approximate surface area is 112 Å². The molecule has 2 rings (SSSR count). The summed E-state index contributed by atoms with van der Waals surface area (Å²) in [6.45, 7) is 1.96. The van der Waals surface area contributed by atoms with Crippen LogP contribution >= 0.6 is 0 Å². The Hall–Kier alpha value is -1.62. The predicted molar refractivity (Wildman–Crippen MR) is 72.2 cm³/mol. The number of hydrogen-bond donors (Lipinski definition) is 1. The molecule has 0 spiro atoms. The number of pyridine rings is 1. The van der Waals surface area contributed by atoms with Crippen molar-refractivity contribution in [2.45, 2.75) is 38.3 Å². The van der Waals surface area contributed by atoms with Gasteiger partial charge in [-0.2, -0.15) is 0 Å². The molecule has 2 heterocycles. The van der Waals surface area contributed by atoms with Crippen LogP contribution in [0.1, 0.15) is 25.7 Å². The monoisotopic (exact) mass is 264 g/mol. The lowest BCUT2D eigenvalue weighted by Gasteiger charge is -2.26. The molecule has 1 N–H and O–H groups in total. The van der Waals surface area contributed by atoms with Gasteiger partial charge in [-0.25, -0.2) is 0 Å². The van der Waals surface area contributed by atoms with Crippen molar-refractivity contribution in [3.8, 4) is 0 Å². The van der Waals surface area contributed by atoms with E-state index in [1.54, 1.807) is 16.8 Å². The van der Waals surface area contributed by atoms with Crippen molar-refractivity contribution in [3.63, 3.8) is 0 Å². The van der Waals surface area contributed by atoms with Gasteiger partial charge in [0.2, 0.25) is 0 Å². The molecule has 0 saturated carbocycles. The van der Waals surface area contributed by atoms with Gasteiger partial charge in [-0.15, -0.1) is 0 Å². The number of rotatable bonds is 4. The molecule has 1 saturated heterocycles. The Morgan fingerprint density at radius 3 is 2.84 bits per heavy atom. The van der Waals surface area contributed by atoms with Crippen molar-refractivity contribution >= 4 is 5.97 Å². The maximum absolute atomic E-state index is 11.6. The van der Waals surface area contributed by atoms with Crippen LogP contribution in [0.4, 0.5) is 0 Å². The minimum Gasteiger partial charge on any atom is -0.480 e. The van der Waals surface area contributed by atoms with E-state index in [4.69, 9.17) is 0 Å². The molecule has 1 aromatic heterocycles. The first-order valence-electron chi connectivity index (χ1n) is 6.81. The average molecular weight is 264 g/mol. The highest BCUT2D eigenvalue weighted by Crippen LogP contribution is 2.16. The quantitative estimate of drug-likeness (QED) is 0.887. The van der Waals surface area contributed by atoms with Crippen LogP contribution in [-0.4, -0.2) is 39.7 Å². The molecule has 1 fully saturated rings. The van der Waals surface area contributed by atoms with E-state index in [2.05, 4.69) is 0 Å². The van der Waals surface area contributed by atoms with Crippen LogP contribution in [0.3, 0.4) is 0 Å². The summed E-state index contributed by atoms with van der Waals surface area (Å²) in [7, 11) is 0. The molecule has 5 heteroatoms. The zero-order valence-corrected chi connectivity index (χ0v) is 11.0. The second kappa shape index (κ2) is 6.52. The van der Waals surface area contributed by atoms with Crippen molar-refractivity contribution in [1.29, 1.82) is 0 Å². The Kier molecular flexibility index (Phi) is 4.74. The smallest absolute Gasteiger partial charge is 0.320 e. The number of aromatic nitrogens is 1. The number of hydrogen-bond acceptors (Lipinski definition) is 3. The van der Waals surface area contributed by atoms with E-state index in [1.807, 2.05) is 11.0 Å². The predicted octanol–water partition coefficient (Wildman–Crippen LogP) is 1.18. The van der Waals surface area contributed by atoms with Gasteiger partial charge in [-0.3, -0.25) is 14.5 Å². The van der Waals surface area contributed by atoms with Gasteiger partial charge in [0.1, 0.15) is 6.04 Å². The SMILES string of the molecule is O=C(O)C1CCCCCN1CCn1ccccc1=O. The molecular formula is C14H20N2O3. The van der Waals surface area contributed by atoms with Gasteiger partial charge >= 0.3 is 5.97 Å². The Balaban J connectivity index is 2.01. The van der Waals surface area contributed by atoms with Gasteiger partial charge in [0.25, 0.3) is 5.56 Å². The van der Waals surface area contributed by atoms with Gasteiger partial charge < -0.3 is 9.67 Å². The zero-order valence-electron chi connectivity index (χ0n) is 11.0. The van der Waals surface area contributed by atoms with E-state index in [0.717, 1.165) is 25.8 Å². The lowest BCUT2D eigenvalue weighted by Crippen LogP contribution is -2.43. The summed E-state index contributed by atoms with van der Waals surface area (Å²) in [6, 6.07) is 4.65. The lowest BCUT2D eigenvalue weighted by molar-refractivity contribution is -0.143. The van der Waals surface area contributed by atoms with Crippen molar-refractivity contribution in [2.24, 2.45) is 0 Å². The number of carbonyl (C=O) groups is 1. The van der Waals surface area contributed by atoms with Gasteiger partial charge in [0.15, 0.2) is 0 Å². The highest BCUT2D eigenvalue weighted by atomic mass is 16.4. The van der Waals surface area contributed by atoms with E-state index >= 15 is 0 Å². The molecule has 1 aliphatic rings. The van der Waals surface area contributed by atoms with Crippen LogP contribution in [0.15, 0.2) is 29.2 Å². The third-order valence-corrected chi connectivity index (χ3v) is 3.68. The first-order valence-corrected chi connectivity index (χ1v) is 6.81. The number of aliphatic carboxylic acids is 1. The summed E-state index contributed by atoms with van der Waals surface area (Å²) in [4.78, 5) is 24.9. The molecule has 104 valence electrons. The highest BCUT2D eigenvalue weighted by molar-refractivity contribution is 5.73. The van der Waals surface area contributed by atoms with E-state index in [9.17, 15) is 14.7 Å². The third kappa shape index (κ3) is 3.67. The number of likely N-dealkylation sites (tertiary alicyclic amines) is 1. The topological polar surface area (TPSA) is 62.5 Å². The summed E-state index contributed by atoms with van der Waals surface area (Å²) >= 11 is 0. The molecule has 1 aliphatic heterocycles. The molecule has 1 unspecified atom stereocenters. The summed E-state index contributed by atoms with van der Waals surface area (Å²) < 4.78 is 1.63. The van der Waals surface area contributed by atoms with Crippen LogP contribution in [0.25, 0.3) is 0 Å². The van der Waals surface area contributed by atoms with Gasteiger partial charge in [0, 0.05) is 25.4 Å². The summed E-state index contributed by atoms with van der Waals surface area (Å²) in [5, 5.41) is 9.28. The lowest BCUT2D eigenvalue weighted by atomic mass is 10.1. The molecule has 0 aliphatic carbocycles. The zero-order chi connectivity index (χ0) is 13.7. The Morgan fingerprint density at radius 1 is 1.26 bits per heavy atom. The van der Waals surface area contributed by atoms with Gasteiger partial charge in [-0.1, -0.05) is 18.9 Å². The van der Waals surface area contributed by atoms with Gasteiger partial charge in [0.05, 0.1) is 0 Å². The average Bonchev–Trinajstić information content (AvgIpc) is 2.63. The van der Waals surface area contributed by atoms with E-state index in [-0.39, 0.29) is 5.56 Å². The van der Waals surface area contributed by atoms with Crippen LogP contribution in [-0.2, 0) is 11.3 Å². The molecule has 0 bridgehead atoms. The number of carboxylic acid groups (broad SMARTS) is 1. The molecule has 1 atom stereocenters. The number of carboxylic acids is 1. The second-order valence-corrected chi connectivity index (χ2v) is 4.97. The summed E-state index contributed by atoms with van der Waals surface area (Å²) in [5.74, 6) is -0.748. The van der Waals surface area contributed by atoms with Gasteiger partial charge in [-0.05, 0) is 25.5 Å². The van der Waals surface area contributed by atoms with Crippen LogP contribution in [0.5, 0.6) is 0 Å². The summed E-state index contributed by atoms with van der Waals surface area (Å²) in [5.41, 5.74) is -0.0378. The Morgan fingerprint density at radius 2 is 2.11 bits per heavy atom.